The number of aliphatic hydroxyl groups is 4. The molecule has 0 amide bonds. The number of halogens is 3. The van der Waals surface area contributed by atoms with Crippen LogP contribution in [-0.4, -0.2) is 69.9 Å². The fourth-order valence-electron chi connectivity index (χ4n) is 2.81. The topological polar surface area (TPSA) is 103 Å². The van der Waals surface area contributed by atoms with Gasteiger partial charge in [0, 0.05) is 24.7 Å². The highest BCUT2D eigenvalue weighted by Crippen LogP contribution is 2.27. The lowest BCUT2D eigenvalue weighted by Gasteiger charge is -2.32. The summed E-state index contributed by atoms with van der Waals surface area (Å²) in [5, 5.41) is 37.2. The van der Waals surface area contributed by atoms with Crippen molar-refractivity contribution in [1.82, 2.24) is 4.90 Å². The Morgan fingerprint density at radius 3 is 2.11 bits per heavy atom. The maximum atomic E-state index is 12.8. The summed E-state index contributed by atoms with van der Waals surface area (Å²) >= 11 is 0. The molecule has 1 aromatic carbocycles. The Hall–Kier alpha value is -2.37. The predicted octanol–water partition coefficient (Wildman–Crippen LogP) is 4.41. The van der Waals surface area contributed by atoms with E-state index in [1.165, 1.54) is 6.08 Å². The van der Waals surface area contributed by atoms with E-state index >= 15 is 0 Å². The molecular weight excluding hydrogens is 479 g/mol. The zero-order valence-corrected chi connectivity index (χ0v) is 21.7. The van der Waals surface area contributed by atoms with E-state index in [0.29, 0.717) is 17.9 Å². The van der Waals surface area contributed by atoms with Crippen molar-refractivity contribution >= 4 is 0 Å². The van der Waals surface area contributed by atoms with E-state index in [2.05, 4.69) is 6.58 Å². The van der Waals surface area contributed by atoms with Gasteiger partial charge in [-0.05, 0) is 25.5 Å². The number of allylic oxidation sites excluding steroid dienone is 4. The number of benzene rings is 1. The summed E-state index contributed by atoms with van der Waals surface area (Å²) in [5.74, 6) is 0.358. The summed E-state index contributed by atoms with van der Waals surface area (Å²) in [4.78, 5) is 1.68. The van der Waals surface area contributed by atoms with Gasteiger partial charge in [-0.25, -0.2) is 0 Å². The first-order chi connectivity index (χ1) is 16.8. The third kappa shape index (κ3) is 11.6. The SMILES string of the molecule is C=C(C(C)OC(O)C(O)C(O)O)N(C)CC(O/C(=C/C=C(\C)C(F)(F)F)CC)c1ccccc1.CC. The number of alkyl halides is 3. The third-order valence-corrected chi connectivity index (χ3v) is 5.12. The Bertz CT molecular complexity index is 827. The molecule has 36 heavy (non-hydrogen) atoms. The van der Waals surface area contributed by atoms with Gasteiger partial charge in [0.05, 0.1) is 18.4 Å². The second-order valence-corrected chi connectivity index (χ2v) is 7.80. The molecule has 4 N–H and O–H groups in total. The first-order valence-electron chi connectivity index (χ1n) is 11.7. The van der Waals surface area contributed by atoms with Crippen molar-refractivity contribution in [1.29, 1.82) is 0 Å². The van der Waals surface area contributed by atoms with E-state index in [1.807, 2.05) is 44.2 Å². The summed E-state index contributed by atoms with van der Waals surface area (Å²) in [7, 11) is 1.69. The second kappa shape index (κ2) is 16.4. The zero-order chi connectivity index (χ0) is 28.1. The molecule has 0 spiro atoms. The predicted molar refractivity (Wildman–Crippen MR) is 132 cm³/mol. The molecule has 0 radical (unpaired) electrons. The van der Waals surface area contributed by atoms with Gasteiger partial charge in [0.1, 0.15) is 6.10 Å². The molecule has 7 nitrogen and oxygen atoms in total. The average molecular weight is 520 g/mol. The number of hydrogen-bond donors (Lipinski definition) is 4. The van der Waals surface area contributed by atoms with Crippen molar-refractivity contribution in [3.8, 4) is 0 Å². The molecular formula is C26H40F3NO6. The number of aliphatic hydroxyl groups excluding tert-OH is 3. The maximum Gasteiger partial charge on any atom is 0.412 e. The van der Waals surface area contributed by atoms with Gasteiger partial charge >= 0.3 is 6.18 Å². The minimum atomic E-state index is -4.42. The van der Waals surface area contributed by atoms with E-state index in [-0.39, 0.29) is 6.54 Å². The molecule has 4 unspecified atom stereocenters. The summed E-state index contributed by atoms with van der Waals surface area (Å²) in [6.07, 6.45) is -9.14. The lowest BCUT2D eigenvalue weighted by molar-refractivity contribution is -0.239. The Balaban J connectivity index is 0.00000596. The highest BCUT2D eigenvalue weighted by molar-refractivity contribution is 5.21. The van der Waals surface area contributed by atoms with Gasteiger partial charge in [-0.1, -0.05) is 63.8 Å². The Morgan fingerprint density at radius 2 is 1.64 bits per heavy atom. The van der Waals surface area contributed by atoms with Crippen LogP contribution in [0.25, 0.3) is 0 Å². The summed E-state index contributed by atoms with van der Waals surface area (Å²) in [6, 6.07) is 9.11. The quantitative estimate of drug-likeness (QED) is 0.174. The number of ether oxygens (including phenoxy) is 2. The molecule has 206 valence electrons. The average Bonchev–Trinajstić information content (AvgIpc) is 2.85. The van der Waals surface area contributed by atoms with Crippen molar-refractivity contribution in [2.45, 2.75) is 78.1 Å². The van der Waals surface area contributed by atoms with Crippen LogP contribution in [0, 0.1) is 0 Å². The van der Waals surface area contributed by atoms with Crippen LogP contribution in [0.4, 0.5) is 13.2 Å². The van der Waals surface area contributed by atoms with Crippen LogP contribution in [-0.2, 0) is 9.47 Å². The van der Waals surface area contributed by atoms with Gasteiger partial charge in [0.2, 0.25) is 0 Å². The number of likely N-dealkylation sites (N-methyl/N-ethyl adjacent to an activating group) is 1. The van der Waals surface area contributed by atoms with Crippen LogP contribution in [0.3, 0.4) is 0 Å². The molecule has 10 heteroatoms. The number of nitrogens with zero attached hydrogens (tertiary/aromatic N) is 1. The molecule has 0 aliphatic rings. The van der Waals surface area contributed by atoms with Crippen molar-refractivity contribution in [2.24, 2.45) is 0 Å². The standard InChI is InChI=1S/C24H34F3NO6.C2H6/c1-6-19(13-12-15(2)24(25,26)27)34-20(18-10-8-7-9-11-18)14-28(5)16(3)17(4)33-23(32)21(29)22(30)31;1-2/h7-13,17,20-23,29-32H,3,6,14H2,1-2,4-5H3;1-2H3/b15-12+,19-13+;. The molecule has 0 saturated carbocycles. The molecule has 0 bridgehead atoms. The summed E-state index contributed by atoms with van der Waals surface area (Å²) < 4.78 is 49.8. The fraction of sp³-hybridized carbons (Fsp3) is 0.538. The maximum absolute atomic E-state index is 12.8. The first-order valence-corrected chi connectivity index (χ1v) is 11.7. The Labute approximate surface area is 211 Å². The van der Waals surface area contributed by atoms with Crippen LogP contribution < -0.4 is 0 Å². The van der Waals surface area contributed by atoms with Gasteiger partial charge in [-0.3, -0.25) is 0 Å². The molecule has 1 rings (SSSR count). The molecule has 0 aliphatic carbocycles. The van der Waals surface area contributed by atoms with Gasteiger partial charge in [0.25, 0.3) is 0 Å². The molecule has 0 aliphatic heterocycles. The minimum absolute atomic E-state index is 0.233. The van der Waals surface area contributed by atoms with E-state index in [9.17, 15) is 23.4 Å². The molecule has 1 aromatic rings. The summed E-state index contributed by atoms with van der Waals surface area (Å²) in [6.45, 7) is 12.5. The number of rotatable bonds is 13. The van der Waals surface area contributed by atoms with E-state index < -0.39 is 42.6 Å². The van der Waals surface area contributed by atoms with E-state index in [0.717, 1.165) is 18.6 Å². The molecule has 4 atom stereocenters. The second-order valence-electron chi connectivity index (χ2n) is 7.80. The summed E-state index contributed by atoms with van der Waals surface area (Å²) in [5.41, 5.74) is 0.423. The monoisotopic (exact) mass is 519 g/mol. The largest absolute Gasteiger partial charge is 0.488 e. The molecule has 0 fully saturated rings. The Kier molecular flexibility index (Phi) is 15.3. The van der Waals surface area contributed by atoms with Crippen LogP contribution in [0.2, 0.25) is 0 Å². The molecule has 0 heterocycles. The van der Waals surface area contributed by atoms with Crippen molar-refractivity contribution < 1.29 is 43.1 Å². The van der Waals surface area contributed by atoms with Crippen LogP contribution in [0.5, 0.6) is 0 Å². The minimum Gasteiger partial charge on any atom is -0.488 e. The highest BCUT2D eigenvalue weighted by Gasteiger charge is 2.30. The lowest BCUT2D eigenvalue weighted by atomic mass is 10.1. The highest BCUT2D eigenvalue weighted by atomic mass is 19.4. The van der Waals surface area contributed by atoms with E-state index in [4.69, 9.17) is 19.7 Å². The van der Waals surface area contributed by atoms with Gasteiger partial charge in [-0.15, -0.1) is 0 Å². The number of hydrogen-bond acceptors (Lipinski definition) is 7. The van der Waals surface area contributed by atoms with Gasteiger partial charge in [0.15, 0.2) is 18.7 Å². The van der Waals surface area contributed by atoms with Crippen LogP contribution in [0.15, 0.2) is 66.1 Å². The fourth-order valence-corrected chi connectivity index (χ4v) is 2.81. The van der Waals surface area contributed by atoms with Crippen molar-refractivity contribution in [3.63, 3.8) is 0 Å². The normalized spacial score (nSPS) is 15.9. The zero-order valence-electron chi connectivity index (χ0n) is 21.7. The van der Waals surface area contributed by atoms with Crippen molar-refractivity contribution in [2.75, 3.05) is 13.6 Å². The molecule has 0 saturated heterocycles. The Morgan fingerprint density at radius 1 is 1.08 bits per heavy atom. The first kappa shape index (κ1) is 33.6. The lowest BCUT2D eigenvalue weighted by Crippen LogP contribution is -2.42. The van der Waals surface area contributed by atoms with Crippen LogP contribution in [0.1, 0.15) is 52.7 Å². The van der Waals surface area contributed by atoms with Crippen molar-refractivity contribution in [3.05, 3.63) is 71.7 Å². The smallest absolute Gasteiger partial charge is 0.412 e. The molecule has 0 aromatic heterocycles. The van der Waals surface area contributed by atoms with Crippen LogP contribution >= 0.6 is 0 Å². The van der Waals surface area contributed by atoms with E-state index in [1.54, 1.807) is 25.8 Å². The third-order valence-electron chi connectivity index (χ3n) is 5.12. The van der Waals surface area contributed by atoms with Gasteiger partial charge < -0.3 is 34.8 Å². The van der Waals surface area contributed by atoms with Gasteiger partial charge in [-0.2, -0.15) is 13.2 Å².